The maximum Gasteiger partial charge on any atom is 0.244 e. The highest BCUT2D eigenvalue weighted by Crippen LogP contribution is 2.27. The molecule has 0 saturated heterocycles. The van der Waals surface area contributed by atoms with Gasteiger partial charge in [0.2, 0.25) is 21.8 Å². The van der Waals surface area contributed by atoms with Crippen LogP contribution in [0, 0.1) is 13.8 Å². The van der Waals surface area contributed by atoms with Crippen molar-refractivity contribution in [3.63, 3.8) is 0 Å². The Bertz CT molecular complexity index is 1130. The second-order valence-electron chi connectivity index (χ2n) is 8.87. The van der Waals surface area contributed by atoms with E-state index < -0.39 is 28.5 Å². The molecule has 2 aromatic rings. The van der Waals surface area contributed by atoms with Gasteiger partial charge in [-0.05, 0) is 56.4 Å². The molecular formula is C26H36ClN3O4S. The average molecular weight is 522 g/mol. The van der Waals surface area contributed by atoms with Crippen molar-refractivity contribution in [2.45, 2.75) is 66.1 Å². The summed E-state index contributed by atoms with van der Waals surface area (Å²) >= 11 is 6.38. The third kappa shape index (κ3) is 7.45. The fraction of sp³-hybridized carbons (Fsp3) is 0.462. The summed E-state index contributed by atoms with van der Waals surface area (Å²) in [6.45, 7) is 8.96. The molecule has 0 aliphatic heterocycles. The van der Waals surface area contributed by atoms with E-state index >= 15 is 0 Å². The number of benzene rings is 2. The number of para-hydroxylation sites is 1. The van der Waals surface area contributed by atoms with Crippen LogP contribution in [-0.2, 0) is 26.2 Å². The van der Waals surface area contributed by atoms with Crippen molar-refractivity contribution in [2.75, 3.05) is 17.1 Å². The Balaban J connectivity index is 2.51. The van der Waals surface area contributed by atoms with Crippen LogP contribution in [0.3, 0.4) is 0 Å². The van der Waals surface area contributed by atoms with Gasteiger partial charge < -0.3 is 10.2 Å². The number of sulfonamides is 1. The monoisotopic (exact) mass is 521 g/mol. The number of hydrogen-bond acceptors (Lipinski definition) is 4. The van der Waals surface area contributed by atoms with E-state index in [0.29, 0.717) is 22.7 Å². The summed E-state index contributed by atoms with van der Waals surface area (Å²) in [6, 6.07) is 11.7. The van der Waals surface area contributed by atoms with Gasteiger partial charge in [0.15, 0.2) is 0 Å². The van der Waals surface area contributed by atoms with E-state index in [1.807, 2.05) is 32.9 Å². The number of nitrogens with zero attached hydrogens (tertiary/aromatic N) is 2. The number of anilines is 1. The van der Waals surface area contributed by atoms with Gasteiger partial charge in [-0.2, -0.15) is 0 Å². The lowest BCUT2D eigenvalue weighted by molar-refractivity contribution is -0.140. The lowest BCUT2D eigenvalue weighted by Gasteiger charge is -2.34. The van der Waals surface area contributed by atoms with Gasteiger partial charge >= 0.3 is 0 Å². The molecule has 2 atom stereocenters. The van der Waals surface area contributed by atoms with Gasteiger partial charge in [0.1, 0.15) is 12.6 Å². The van der Waals surface area contributed by atoms with E-state index in [1.165, 1.54) is 4.90 Å². The summed E-state index contributed by atoms with van der Waals surface area (Å²) in [5.74, 6) is -0.760. The topological polar surface area (TPSA) is 86.8 Å². The Hall–Kier alpha value is -2.58. The molecule has 0 aliphatic carbocycles. The first-order valence-electron chi connectivity index (χ1n) is 11.8. The van der Waals surface area contributed by atoms with Gasteiger partial charge in [-0.15, -0.1) is 0 Å². The van der Waals surface area contributed by atoms with Crippen molar-refractivity contribution in [1.82, 2.24) is 10.2 Å². The van der Waals surface area contributed by atoms with E-state index in [2.05, 4.69) is 5.32 Å². The molecule has 0 aromatic heterocycles. The van der Waals surface area contributed by atoms with Crippen LogP contribution in [0.2, 0.25) is 5.02 Å². The van der Waals surface area contributed by atoms with Crippen LogP contribution in [0.4, 0.5) is 5.69 Å². The third-order valence-electron chi connectivity index (χ3n) is 6.05. The summed E-state index contributed by atoms with van der Waals surface area (Å²) in [4.78, 5) is 28.4. The molecule has 2 aromatic carbocycles. The van der Waals surface area contributed by atoms with Crippen molar-refractivity contribution in [1.29, 1.82) is 0 Å². The molecular weight excluding hydrogens is 486 g/mol. The van der Waals surface area contributed by atoms with Crippen molar-refractivity contribution in [3.8, 4) is 0 Å². The lowest BCUT2D eigenvalue weighted by Crippen LogP contribution is -2.53. The van der Waals surface area contributed by atoms with Gasteiger partial charge in [0, 0.05) is 17.6 Å². The summed E-state index contributed by atoms with van der Waals surface area (Å²) < 4.78 is 26.8. The third-order valence-corrected chi connectivity index (χ3v) is 7.53. The molecule has 0 bridgehead atoms. The molecule has 0 spiro atoms. The van der Waals surface area contributed by atoms with E-state index in [9.17, 15) is 18.0 Å². The molecule has 0 aliphatic rings. The molecule has 1 N–H and O–H groups in total. The molecule has 9 heteroatoms. The van der Waals surface area contributed by atoms with Gasteiger partial charge in [-0.1, -0.05) is 61.8 Å². The Morgan fingerprint density at radius 1 is 1.00 bits per heavy atom. The van der Waals surface area contributed by atoms with Crippen LogP contribution in [0.25, 0.3) is 0 Å². The first-order chi connectivity index (χ1) is 16.4. The number of rotatable bonds is 11. The summed E-state index contributed by atoms with van der Waals surface area (Å²) in [5.41, 5.74) is 2.62. The lowest BCUT2D eigenvalue weighted by atomic mass is 10.1. The van der Waals surface area contributed by atoms with Gasteiger partial charge in [-0.3, -0.25) is 13.9 Å². The first kappa shape index (κ1) is 28.7. The van der Waals surface area contributed by atoms with Crippen molar-refractivity contribution in [3.05, 3.63) is 64.2 Å². The molecule has 35 heavy (non-hydrogen) atoms. The molecule has 192 valence electrons. The summed E-state index contributed by atoms with van der Waals surface area (Å²) in [5, 5.41) is 3.42. The van der Waals surface area contributed by atoms with E-state index in [1.54, 1.807) is 44.2 Å². The highest BCUT2D eigenvalue weighted by atomic mass is 35.5. The Morgan fingerprint density at radius 3 is 2.11 bits per heavy atom. The smallest absolute Gasteiger partial charge is 0.244 e. The zero-order valence-corrected chi connectivity index (χ0v) is 22.9. The molecule has 2 rings (SSSR count). The Morgan fingerprint density at radius 2 is 1.60 bits per heavy atom. The molecule has 0 radical (unpaired) electrons. The predicted molar refractivity (Wildman–Crippen MR) is 142 cm³/mol. The number of aryl methyl sites for hydroxylation is 2. The maximum absolute atomic E-state index is 13.8. The van der Waals surface area contributed by atoms with E-state index in [4.69, 9.17) is 11.6 Å². The largest absolute Gasteiger partial charge is 0.352 e. The van der Waals surface area contributed by atoms with Crippen LogP contribution in [0.1, 0.15) is 50.3 Å². The number of amides is 2. The minimum atomic E-state index is -3.79. The first-order valence-corrected chi connectivity index (χ1v) is 14.0. The van der Waals surface area contributed by atoms with Crippen molar-refractivity contribution in [2.24, 2.45) is 0 Å². The fourth-order valence-corrected chi connectivity index (χ4v) is 5.11. The van der Waals surface area contributed by atoms with Crippen LogP contribution in [0.15, 0.2) is 42.5 Å². The van der Waals surface area contributed by atoms with E-state index in [-0.39, 0.29) is 18.5 Å². The van der Waals surface area contributed by atoms with Crippen LogP contribution in [0.5, 0.6) is 0 Å². The minimum Gasteiger partial charge on any atom is -0.352 e. The number of nitrogens with one attached hydrogen (secondary N) is 1. The zero-order valence-electron chi connectivity index (χ0n) is 21.3. The van der Waals surface area contributed by atoms with Crippen LogP contribution in [-0.4, -0.2) is 50.0 Å². The molecule has 2 unspecified atom stereocenters. The highest BCUT2D eigenvalue weighted by molar-refractivity contribution is 7.92. The second-order valence-corrected chi connectivity index (χ2v) is 11.2. The second kappa shape index (κ2) is 12.4. The van der Waals surface area contributed by atoms with Crippen LogP contribution >= 0.6 is 11.6 Å². The molecule has 7 nitrogen and oxygen atoms in total. The zero-order chi connectivity index (χ0) is 26.3. The molecule has 0 fully saturated rings. The number of carbonyl (C=O) groups is 2. The maximum atomic E-state index is 13.8. The number of carbonyl (C=O) groups excluding carboxylic acids is 2. The Kier molecular flexibility index (Phi) is 10.2. The highest BCUT2D eigenvalue weighted by Gasteiger charge is 2.33. The van der Waals surface area contributed by atoms with Crippen molar-refractivity contribution >= 4 is 39.1 Å². The standard InChI is InChI=1S/C26H36ClN3O4S/c1-7-20(5)28-26(32)23(8-2)29(16-21-14-9-10-15-22(21)27)24(31)17-30(35(6,33)34)25-18(3)12-11-13-19(25)4/h9-15,20,23H,7-8,16-17H2,1-6H3,(H,28,32). The van der Waals surface area contributed by atoms with Gasteiger partial charge in [0.05, 0.1) is 11.9 Å². The quantitative estimate of drug-likeness (QED) is 0.473. The molecule has 0 saturated carbocycles. The SMILES string of the molecule is CCC(C)NC(=O)C(CC)N(Cc1ccccc1Cl)C(=O)CN(c1c(C)cccc1C)S(C)(=O)=O. The normalized spacial score (nSPS) is 13.1. The predicted octanol–water partition coefficient (Wildman–Crippen LogP) is 4.44. The Labute approximate surface area is 214 Å². The number of halogens is 1. The average Bonchev–Trinajstić information content (AvgIpc) is 2.78. The van der Waals surface area contributed by atoms with Gasteiger partial charge in [-0.25, -0.2) is 8.42 Å². The summed E-state index contributed by atoms with van der Waals surface area (Å²) in [7, 11) is -3.79. The molecule has 0 heterocycles. The van der Waals surface area contributed by atoms with Crippen molar-refractivity contribution < 1.29 is 18.0 Å². The number of hydrogen-bond donors (Lipinski definition) is 1. The van der Waals surface area contributed by atoms with E-state index in [0.717, 1.165) is 28.1 Å². The van der Waals surface area contributed by atoms with Crippen LogP contribution < -0.4 is 9.62 Å². The fourth-order valence-electron chi connectivity index (χ4n) is 3.95. The molecule has 2 amide bonds. The van der Waals surface area contributed by atoms with Gasteiger partial charge in [0.25, 0.3) is 0 Å². The summed E-state index contributed by atoms with van der Waals surface area (Å²) in [6.07, 6.45) is 2.19. The minimum absolute atomic E-state index is 0.0593.